The van der Waals surface area contributed by atoms with Gasteiger partial charge in [0.05, 0.1) is 24.0 Å². The van der Waals surface area contributed by atoms with Crippen LogP contribution in [0.4, 0.5) is 0 Å². The third kappa shape index (κ3) is 3.26. The molecule has 142 valence electrons. The summed E-state index contributed by atoms with van der Waals surface area (Å²) in [5.41, 5.74) is 5.48. The maximum atomic E-state index is 9.46. The molecule has 0 aliphatic rings. The molecule has 2 aromatic heterocycles. The van der Waals surface area contributed by atoms with Crippen molar-refractivity contribution in [1.29, 1.82) is 0 Å². The maximum Gasteiger partial charge on any atom is 0.196 e. The number of pyridine rings is 1. The van der Waals surface area contributed by atoms with Crippen LogP contribution in [0.1, 0.15) is 23.2 Å². The number of aromatic nitrogens is 2. The van der Waals surface area contributed by atoms with E-state index in [9.17, 15) is 10.2 Å². The highest BCUT2D eigenvalue weighted by Crippen LogP contribution is 2.36. The zero-order valence-electron chi connectivity index (χ0n) is 15.8. The van der Waals surface area contributed by atoms with E-state index in [1.165, 1.54) is 0 Å². The van der Waals surface area contributed by atoms with Gasteiger partial charge in [0.25, 0.3) is 0 Å². The van der Waals surface area contributed by atoms with Crippen molar-refractivity contribution in [2.75, 3.05) is 7.11 Å². The summed E-state index contributed by atoms with van der Waals surface area (Å²) in [6.45, 7) is 0. The van der Waals surface area contributed by atoms with Crippen molar-refractivity contribution in [3.05, 3.63) is 83.7 Å². The van der Waals surface area contributed by atoms with Gasteiger partial charge in [0.2, 0.25) is 0 Å². The first kappa shape index (κ1) is 18.2. The van der Waals surface area contributed by atoms with Gasteiger partial charge in [0, 0.05) is 30.6 Å². The van der Waals surface area contributed by atoms with Crippen LogP contribution in [0.2, 0.25) is 0 Å². The molecule has 0 fully saturated rings. The average molecular weight is 374 g/mol. The summed E-state index contributed by atoms with van der Waals surface area (Å²) >= 11 is 0. The van der Waals surface area contributed by atoms with Gasteiger partial charge in [-0.25, -0.2) is 0 Å². The molecule has 0 bridgehead atoms. The lowest BCUT2D eigenvalue weighted by Crippen LogP contribution is -2.02. The number of hydrogen-bond donors (Lipinski definition) is 2. The summed E-state index contributed by atoms with van der Waals surface area (Å²) in [5.74, 6) is 0.808. The van der Waals surface area contributed by atoms with E-state index in [0.717, 1.165) is 39.2 Å². The van der Waals surface area contributed by atoms with Gasteiger partial charge in [-0.3, -0.25) is 4.98 Å². The highest BCUT2D eigenvalue weighted by Gasteiger charge is 2.18. The Bertz CT molecular complexity index is 1120. The zero-order chi connectivity index (χ0) is 19.7. The summed E-state index contributed by atoms with van der Waals surface area (Å²) in [5, 5.41) is 20.0. The molecule has 28 heavy (non-hydrogen) atoms. The Kier molecular flexibility index (Phi) is 4.86. The molecule has 0 saturated carbocycles. The van der Waals surface area contributed by atoms with Gasteiger partial charge in [-0.15, -0.1) is 0 Å². The molecule has 4 aromatic rings. The van der Waals surface area contributed by atoms with Crippen molar-refractivity contribution < 1.29 is 14.9 Å². The Morgan fingerprint density at radius 1 is 1.00 bits per heavy atom. The monoisotopic (exact) mass is 374 g/mol. The number of aliphatic hydroxyl groups excluding tert-OH is 1. The first-order chi connectivity index (χ1) is 13.6. The van der Waals surface area contributed by atoms with Crippen LogP contribution < -0.4 is 4.74 Å². The molecule has 0 atom stereocenters. The molecule has 4 rings (SSSR count). The van der Waals surface area contributed by atoms with Crippen LogP contribution in [0, 0.1) is 0 Å². The van der Waals surface area contributed by atoms with Crippen LogP contribution in [-0.4, -0.2) is 26.9 Å². The smallest absolute Gasteiger partial charge is 0.196 e. The van der Waals surface area contributed by atoms with Crippen molar-refractivity contribution in [3.63, 3.8) is 0 Å². The van der Waals surface area contributed by atoms with Gasteiger partial charge in [-0.1, -0.05) is 36.4 Å². The van der Waals surface area contributed by atoms with Gasteiger partial charge in [0.15, 0.2) is 6.29 Å². The zero-order valence-corrected chi connectivity index (χ0v) is 15.8. The summed E-state index contributed by atoms with van der Waals surface area (Å²) < 4.78 is 7.59. The van der Waals surface area contributed by atoms with E-state index in [-0.39, 0.29) is 5.69 Å². The molecule has 0 aliphatic carbocycles. The van der Waals surface area contributed by atoms with Gasteiger partial charge in [0.1, 0.15) is 5.75 Å². The summed E-state index contributed by atoms with van der Waals surface area (Å²) in [4.78, 5) is 4.42. The molecule has 0 saturated heterocycles. The first-order valence-electron chi connectivity index (χ1n) is 9.11. The molecule has 0 spiro atoms. The fraction of sp³-hybridized carbons (Fsp3) is 0.174. The molecule has 5 nitrogen and oxygen atoms in total. The molecular formula is C23H22N2O3. The summed E-state index contributed by atoms with van der Waals surface area (Å²) in [6, 6.07) is 21.6. The van der Waals surface area contributed by atoms with E-state index < -0.39 is 6.29 Å². The minimum Gasteiger partial charge on any atom is -0.497 e. The molecule has 0 aliphatic heterocycles. The van der Waals surface area contributed by atoms with Crippen LogP contribution in [0.15, 0.2) is 66.7 Å². The highest BCUT2D eigenvalue weighted by molar-refractivity contribution is 5.93. The Balaban J connectivity index is 1.92. The van der Waals surface area contributed by atoms with E-state index in [0.29, 0.717) is 6.42 Å². The van der Waals surface area contributed by atoms with Gasteiger partial charge < -0.3 is 19.5 Å². The second-order valence-electron chi connectivity index (χ2n) is 6.74. The van der Waals surface area contributed by atoms with Crippen LogP contribution in [0.5, 0.6) is 5.75 Å². The van der Waals surface area contributed by atoms with Crippen LogP contribution in [0.25, 0.3) is 22.2 Å². The van der Waals surface area contributed by atoms with Crippen molar-refractivity contribution in [2.45, 2.75) is 12.7 Å². The van der Waals surface area contributed by atoms with Crippen molar-refractivity contribution >= 4 is 10.9 Å². The van der Waals surface area contributed by atoms with E-state index >= 15 is 0 Å². The Morgan fingerprint density at radius 2 is 1.79 bits per heavy atom. The third-order valence-electron chi connectivity index (χ3n) is 5.01. The molecule has 2 aromatic carbocycles. The van der Waals surface area contributed by atoms with Crippen LogP contribution in [0.3, 0.4) is 0 Å². The van der Waals surface area contributed by atoms with E-state index in [2.05, 4.69) is 34.8 Å². The number of ether oxygens (including phenoxy) is 1. The number of aryl methyl sites for hydroxylation is 1. The largest absolute Gasteiger partial charge is 0.497 e. The van der Waals surface area contributed by atoms with E-state index in [1.807, 2.05) is 36.4 Å². The quantitative estimate of drug-likeness (QED) is 0.521. The lowest BCUT2D eigenvalue weighted by molar-refractivity contribution is -0.0459. The first-order valence-corrected chi connectivity index (χ1v) is 9.11. The topological polar surface area (TPSA) is 67.5 Å². The maximum absolute atomic E-state index is 9.46. The molecule has 2 N–H and O–H groups in total. The molecule has 0 amide bonds. The predicted molar refractivity (Wildman–Crippen MR) is 109 cm³/mol. The minimum absolute atomic E-state index is 0.251. The molecular weight excluding hydrogens is 352 g/mol. The lowest BCUT2D eigenvalue weighted by Gasteiger charge is -2.10. The van der Waals surface area contributed by atoms with E-state index in [1.54, 1.807) is 19.2 Å². The second-order valence-corrected chi connectivity index (χ2v) is 6.74. The fourth-order valence-corrected chi connectivity index (χ4v) is 3.69. The number of fused-ring (bicyclic) bond motifs is 1. The van der Waals surface area contributed by atoms with Crippen LogP contribution in [-0.2, 0) is 13.5 Å². The summed E-state index contributed by atoms with van der Waals surface area (Å²) in [6.07, 6.45) is -1.00. The third-order valence-corrected chi connectivity index (χ3v) is 5.01. The fourth-order valence-electron chi connectivity index (χ4n) is 3.69. The molecule has 5 heteroatoms. The second kappa shape index (κ2) is 7.46. The summed E-state index contributed by atoms with van der Waals surface area (Å²) in [7, 11) is 3.72. The van der Waals surface area contributed by atoms with Gasteiger partial charge in [-0.05, 0) is 35.4 Å². The number of rotatable bonds is 5. The highest BCUT2D eigenvalue weighted by atomic mass is 16.5. The van der Waals surface area contributed by atoms with Crippen molar-refractivity contribution in [3.8, 4) is 17.0 Å². The Hall–Kier alpha value is -3.15. The molecule has 0 unspecified atom stereocenters. The van der Waals surface area contributed by atoms with E-state index in [4.69, 9.17) is 4.74 Å². The number of methoxy groups -OCH3 is 1. The number of hydrogen-bond acceptors (Lipinski definition) is 4. The lowest BCUT2D eigenvalue weighted by atomic mass is 10.0. The van der Waals surface area contributed by atoms with Crippen molar-refractivity contribution in [2.24, 2.45) is 7.05 Å². The van der Waals surface area contributed by atoms with Crippen molar-refractivity contribution in [1.82, 2.24) is 9.55 Å². The Labute approximate surface area is 163 Å². The molecule has 2 heterocycles. The SMILES string of the molecule is COc1ccc2c(Cc3cccc(C(O)O)n3)c(-c3ccccc3)n(C)c2c1. The Morgan fingerprint density at radius 3 is 2.50 bits per heavy atom. The number of benzene rings is 2. The minimum atomic E-state index is -1.58. The molecule has 0 radical (unpaired) electrons. The average Bonchev–Trinajstić information content (AvgIpc) is 3.00. The predicted octanol–water partition coefficient (Wildman–Crippen LogP) is 3.82. The van der Waals surface area contributed by atoms with Gasteiger partial charge >= 0.3 is 0 Å². The standard InChI is InChI=1S/C23H22N2O3/c1-25-21-14-17(28-2)11-12-18(21)19(22(25)15-7-4-3-5-8-15)13-16-9-6-10-20(24-16)23(26)27/h3-12,14,23,26-27H,13H2,1-2H3. The number of aliphatic hydroxyl groups is 2. The normalized spacial score (nSPS) is 11.3. The van der Waals surface area contributed by atoms with Crippen LogP contribution >= 0.6 is 0 Å². The number of nitrogens with zero attached hydrogens (tertiary/aromatic N) is 2. The van der Waals surface area contributed by atoms with Gasteiger partial charge in [-0.2, -0.15) is 0 Å².